The van der Waals surface area contributed by atoms with E-state index in [0.717, 1.165) is 22.2 Å². The highest BCUT2D eigenvalue weighted by Crippen LogP contribution is 2.36. The zero-order chi connectivity index (χ0) is 23.3. The molecule has 1 fully saturated rings. The van der Waals surface area contributed by atoms with Crippen LogP contribution in [-0.2, 0) is 21.0 Å². The van der Waals surface area contributed by atoms with Gasteiger partial charge in [-0.15, -0.1) is 0 Å². The lowest BCUT2D eigenvalue weighted by molar-refractivity contribution is -0.150. The topological polar surface area (TPSA) is 113 Å². The number of thiocarbonyl (C=S) groups is 1. The highest BCUT2D eigenvalue weighted by atomic mass is 32.2. The smallest absolute Gasteiger partial charge is 0.327 e. The summed E-state index contributed by atoms with van der Waals surface area (Å²) in [5.74, 6) is -2.46. The highest BCUT2D eigenvalue weighted by molar-refractivity contribution is 8.26. The molecule has 1 aliphatic heterocycles. The van der Waals surface area contributed by atoms with Gasteiger partial charge in [0, 0.05) is 0 Å². The molecule has 2 aromatic carbocycles. The fraction of sp³-hybridized carbons (Fsp3) is 0.182. The number of hydrogen-bond acceptors (Lipinski definition) is 7. The van der Waals surface area contributed by atoms with Crippen LogP contribution < -0.4 is 9.47 Å². The first-order valence-electron chi connectivity index (χ1n) is 9.36. The van der Waals surface area contributed by atoms with Gasteiger partial charge >= 0.3 is 11.9 Å². The van der Waals surface area contributed by atoms with Crippen LogP contribution >= 0.6 is 24.0 Å². The van der Waals surface area contributed by atoms with Crippen LogP contribution in [0.1, 0.15) is 17.5 Å². The number of aliphatic carboxylic acids is 2. The first-order valence-corrected chi connectivity index (χ1v) is 10.6. The third-order valence-corrected chi connectivity index (χ3v) is 5.84. The van der Waals surface area contributed by atoms with E-state index in [1.807, 2.05) is 30.3 Å². The first-order chi connectivity index (χ1) is 15.3. The number of amides is 1. The molecule has 1 aliphatic rings. The van der Waals surface area contributed by atoms with Gasteiger partial charge in [0.25, 0.3) is 5.91 Å². The summed E-state index contributed by atoms with van der Waals surface area (Å²) in [5, 5.41) is 18.3. The average Bonchev–Trinajstić information content (AvgIpc) is 3.04. The van der Waals surface area contributed by atoms with Crippen molar-refractivity contribution in [2.24, 2.45) is 0 Å². The second-order valence-corrected chi connectivity index (χ2v) is 8.36. The summed E-state index contributed by atoms with van der Waals surface area (Å²) >= 11 is 6.05. The summed E-state index contributed by atoms with van der Waals surface area (Å²) < 4.78 is 11.2. The van der Waals surface area contributed by atoms with Crippen molar-refractivity contribution in [2.75, 3.05) is 7.11 Å². The minimum Gasteiger partial charge on any atom is -0.493 e. The Bertz CT molecular complexity index is 1080. The van der Waals surface area contributed by atoms with E-state index in [2.05, 4.69) is 0 Å². The number of ether oxygens (including phenoxy) is 2. The van der Waals surface area contributed by atoms with Crippen LogP contribution in [0.25, 0.3) is 6.08 Å². The molecule has 0 spiro atoms. The van der Waals surface area contributed by atoms with Gasteiger partial charge in [0.1, 0.15) is 17.0 Å². The Morgan fingerprint density at radius 3 is 2.50 bits per heavy atom. The quantitative estimate of drug-likeness (QED) is 0.418. The van der Waals surface area contributed by atoms with Crippen molar-refractivity contribution in [3.8, 4) is 11.5 Å². The van der Waals surface area contributed by atoms with Gasteiger partial charge in [-0.2, -0.15) is 0 Å². The molecule has 8 nitrogen and oxygen atoms in total. The summed E-state index contributed by atoms with van der Waals surface area (Å²) in [5.41, 5.74) is 1.61. The molecule has 1 heterocycles. The van der Waals surface area contributed by atoms with Crippen LogP contribution in [0.5, 0.6) is 11.5 Å². The molecule has 1 amide bonds. The van der Waals surface area contributed by atoms with E-state index in [1.54, 1.807) is 24.3 Å². The zero-order valence-corrected chi connectivity index (χ0v) is 18.5. The van der Waals surface area contributed by atoms with E-state index in [9.17, 15) is 19.5 Å². The van der Waals surface area contributed by atoms with E-state index in [-0.39, 0.29) is 9.23 Å². The van der Waals surface area contributed by atoms with E-state index in [1.165, 1.54) is 7.11 Å². The third-order valence-electron chi connectivity index (χ3n) is 4.51. The van der Waals surface area contributed by atoms with Crippen molar-refractivity contribution >= 4 is 52.2 Å². The van der Waals surface area contributed by atoms with Crippen LogP contribution in [0.2, 0.25) is 0 Å². The highest BCUT2D eigenvalue weighted by Gasteiger charge is 2.41. The minimum atomic E-state index is -1.57. The van der Waals surface area contributed by atoms with Crippen molar-refractivity contribution in [3.05, 3.63) is 64.6 Å². The normalized spacial score (nSPS) is 15.7. The monoisotopic (exact) mass is 473 g/mol. The number of rotatable bonds is 9. The molecule has 0 saturated carbocycles. The van der Waals surface area contributed by atoms with Gasteiger partial charge in [0.15, 0.2) is 11.5 Å². The maximum absolute atomic E-state index is 12.8. The summed E-state index contributed by atoms with van der Waals surface area (Å²) in [4.78, 5) is 36.3. The number of methoxy groups -OCH3 is 1. The van der Waals surface area contributed by atoms with Gasteiger partial charge in [0.2, 0.25) is 0 Å². The lowest BCUT2D eigenvalue weighted by atomic mass is 10.1. The first kappa shape index (κ1) is 23.3. The number of carboxylic acid groups (broad SMARTS) is 2. The molecule has 166 valence electrons. The molecular formula is C22H19NO7S2. The number of carbonyl (C=O) groups excluding carboxylic acids is 1. The minimum absolute atomic E-state index is 0.00956. The Morgan fingerprint density at radius 1 is 1.16 bits per heavy atom. The maximum Gasteiger partial charge on any atom is 0.327 e. The van der Waals surface area contributed by atoms with Crippen molar-refractivity contribution in [3.63, 3.8) is 0 Å². The molecule has 0 bridgehead atoms. The molecule has 0 radical (unpaired) electrons. The summed E-state index contributed by atoms with van der Waals surface area (Å²) in [7, 11) is 1.50. The lowest BCUT2D eigenvalue weighted by Gasteiger charge is -2.21. The second-order valence-electron chi connectivity index (χ2n) is 6.69. The predicted octanol–water partition coefficient (Wildman–Crippen LogP) is 3.40. The Hall–Kier alpha value is -3.37. The molecular weight excluding hydrogens is 454 g/mol. The number of nitrogens with zero attached hydrogens (tertiary/aromatic N) is 1. The predicted molar refractivity (Wildman–Crippen MR) is 122 cm³/mol. The van der Waals surface area contributed by atoms with Gasteiger partial charge in [-0.3, -0.25) is 14.5 Å². The molecule has 1 atom stereocenters. The summed E-state index contributed by atoms with van der Waals surface area (Å²) in [6, 6.07) is 13.2. The standard InChI is InChI=1S/C22H19NO7S2/c1-29-17-9-14(7-8-16(17)30-12-13-5-3-2-4-6-13)10-18-20(26)23(22(31)32-18)15(21(27)28)11-19(24)25/h2-10,15H,11-12H2,1H3,(H,24,25)(H,27,28)/b18-10-. The van der Waals surface area contributed by atoms with Crippen molar-refractivity contribution in [2.45, 2.75) is 19.1 Å². The molecule has 1 saturated heterocycles. The molecule has 0 aliphatic carbocycles. The number of carbonyl (C=O) groups is 3. The number of hydrogen-bond donors (Lipinski definition) is 2. The second kappa shape index (κ2) is 10.3. The molecule has 0 aromatic heterocycles. The molecule has 2 aromatic rings. The van der Waals surface area contributed by atoms with Crippen molar-refractivity contribution in [1.29, 1.82) is 0 Å². The van der Waals surface area contributed by atoms with Crippen molar-refractivity contribution in [1.82, 2.24) is 4.90 Å². The Kier molecular flexibility index (Phi) is 7.49. The summed E-state index contributed by atoms with van der Waals surface area (Å²) in [6.45, 7) is 0.357. The Labute approximate surface area is 193 Å². The SMILES string of the molecule is COc1cc(/C=C2\SC(=S)N(C(CC(=O)O)C(=O)O)C2=O)ccc1OCc1ccccc1. The van der Waals surface area contributed by atoms with Crippen LogP contribution in [0, 0.1) is 0 Å². The Morgan fingerprint density at radius 2 is 1.88 bits per heavy atom. The zero-order valence-electron chi connectivity index (χ0n) is 16.9. The number of carboxylic acids is 2. The molecule has 1 unspecified atom stereocenters. The van der Waals surface area contributed by atoms with Gasteiger partial charge in [-0.05, 0) is 29.3 Å². The van der Waals surface area contributed by atoms with Gasteiger partial charge in [-0.1, -0.05) is 60.4 Å². The fourth-order valence-electron chi connectivity index (χ4n) is 2.98. The van der Waals surface area contributed by atoms with E-state index < -0.39 is 30.3 Å². The van der Waals surface area contributed by atoms with E-state index in [4.69, 9.17) is 26.8 Å². The van der Waals surface area contributed by atoms with Gasteiger partial charge in [0.05, 0.1) is 18.4 Å². The lowest BCUT2D eigenvalue weighted by Crippen LogP contribution is -2.45. The maximum atomic E-state index is 12.8. The van der Waals surface area contributed by atoms with Crippen LogP contribution in [0.3, 0.4) is 0 Å². The molecule has 10 heteroatoms. The largest absolute Gasteiger partial charge is 0.493 e. The molecule has 2 N–H and O–H groups in total. The van der Waals surface area contributed by atoms with Crippen LogP contribution in [-0.4, -0.2) is 50.4 Å². The number of benzene rings is 2. The fourth-order valence-corrected chi connectivity index (χ4v) is 4.34. The van der Waals surface area contributed by atoms with Crippen molar-refractivity contribution < 1.29 is 34.1 Å². The molecule has 3 rings (SSSR count). The average molecular weight is 474 g/mol. The van der Waals surface area contributed by atoms with E-state index in [0.29, 0.717) is 23.7 Å². The Balaban J connectivity index is 1.80. The van der Waals surface area contributed by atoms with E-state index >= 15 is 0 Å². The molecule has 32 heavy (non-hydrogen) atoms. The van der Waals surface area contributed by atoms with Crippen LogP contribution in [0.15, 0.2) is 53.4 Å². The summed E-state index contributed by atoms with van der Waals surface area (Å²) in [6.07, 6.45) is 0.790. The van der Waals surface area contributed by atoms with Crippen LogP contribution in [0.4, 0.5) is 0 Å². The number of thioether (sulfide) groups is 1. The van der Waals surface area contributed by atoms with Gasteiger partial charge < -0.3 is 19.7 Å². The van der Waals surface area contributed by atoms with Gasteiger partial charge in [-0.25, -0.2) is 4.79 Å². The third kappa shape index (κ3) is 5.45.